The predicted molar refractivity (Wildman–Crippen MR) is 115 cm³/mol. The quantitative estimate of drug-likeness (QED) is 0.523. The zero-order valence-corrected chi connectivity index (χ0v) is 16.4. The van der Waals surface area contributed by atoms with E-state index in [0.717, 1.165) is 33.6 Å². The Bertz CT molecular complexity index is 1170. The first-order valence-electron chi connectivity index (χ1n) is 9.30. The number of nitrogens with zero attached hydrogens (tertiary/aromatic N) is 2. The third-order valence-electron chi connectivity index (χ3n) is 4.66. The van der Waals surface area contributed by atoms with Crippen molar-refractivity contribution in [2.75, 3.05) is 5.32 Å². The first-order valence-corrected chi connectivity index (χ1v) is 10.2. The van der Waals surface area contributed by atoms with Crippen LogP contribution in [0.5, 0.6) is 0 Å². The van der Waals surface area contributed by atoms with E-state index < -0.39 is 0 Å². The number of hydrogen-bond donors (Lipinski definition) is 1. The van der Waals surface area contributed by atoms with Crippen LogP contribution >= 0.6 is 11.3 Å². The van der Waals surface area contributed by atoms with Gasteiger partial charge in [-0.3, -0.25) is 13.9 Å². The van der Waals surface area contributed by atoms with Crippen molar-refractivity contribution in [1.82, 2.24) is 9.13 Å². The van der Waals surface area contributed by atoms with Gasteiger partial charge in [0, 0.05) is 22.7 Å². The van der Waals surface area contributed by atoms with Crippen molar-refractivity contribution >= 4 is 34.0 Å². The van der Waals surface area contributed by atoms with Crippen molar-refractivity contribution in [3.05, 3.63) is 76.5 Å². The molecule has 0 atom stereocenters. The summed E-state index contributed by atoms with van der Waals surface area (Å²) < 4.78 is 3.29. The van der Waals surface area contributed by atoms with Crippen LogP contribution < -0.4 is 11.0 Å². The maximum atomic E-state index is 12.9. The monoisotopic (exact) mass is 391 g/mol. The molecule has 0 fully saturated rings. The van der Waals surface area contributed by atoms with Gasteiger partial charge in [-0.1, -0.05) is 43.3 Å². The summed E-state index contributed by atoms with van der Waals surface area (Å²) >= 11 is 1.62. The Morgan fingerprint density at radius 3 is 2.39 bits per heavy atom. The fraction of sp³-hybridized carbons (Fsp3) is 0.182. The Hall–Kier alpha value is -3.12. The zero-order chi connectivity index (χ0) is 19.5. The Morgan fingerprint density at radius 2 is 1.68 bits per heavy atom. The molecule has 28 heavy (non-hydrogen) atoms. The molecule has 0 spiro atoms. The molecule has 0 unspecified atom stereocenters. The normalized spacial score (nSPS) is 11.0. The highest BCUT2D eigenvalue weighted by Crippen LogP contribution is 2.31. The molecular weight excluding hydrogens is 370 g/mol. The van der Waals surface area contributed by atoms with Gasteiger partial charge < -0.3 is 5.32 Å². The van der Waals surface area contributed by atoms with E-state index in [1.165, 1.54) is 0 Å². The number of aryl methyl sites for hydroxylation is 1. The first kappa shape index (κ1) is 18.3. The fourth-order valence-electron chi connectivity index (χ4n) is 3.44. The second-order valence-electron chi connectivity index (χ2n) is 6.58. The molecule has 0 saturated heterocycles. The number of hydrogen-bond acceptors (Lipinski definition) is 3. The molecule has 4 rings (SSSR count). The second-order valence-corrected chi connectivity index (χ2v) is 7.53. The number of benzene rings is 2. The van der Waals surface area contributed by atoms with Gasteiger partial charge in [0.25, 0.3) is 0 Å². The molecule has 0 aliphatic carbocycles. The highest BCUT2D eigenvalue weighted by Gasteiger charge is 2.16. The van der Waals surface area contributed by atoms with Crippen LogP contribution in [0.3, 0.4) is 0 Å². The average molecular weight is 391 g/mol. The number of carbonyl (C=O) groups excluding carboxylic acids is 1. The van der Waals surface area contributed by atoms with Crippen LogP contribution in [-0.2, 0) is 17.9 Å². The lowest BCUT2D eigenvalue weighted by Gasteiger charge is -2.10. The molecule has 2 aromatic heterocycles. The lowest BCUT2D eigenvalue weighted by molar-refractivity contribution is -0.116. The van der Waals surface area contributed by atoms with E-state index in [0.29, 0.717) is 6.54 Å². The standard InChI is InChI=1S/C22H21N3O2S/c1-2-13-24-18-10-5-6-11-19(18)25(22(24)27)15-21(26)23-17-9-4-3-8-16(17)20-12-7-14-28-20/h3-12,14H,2,13,15H2,1H3,(H,23,26). The van der Waals surface area contributed by atoms with Gasteiger partial charge in [-0.2, -0.15) is 0 Å². The smallest absolute Gasteiger partial charge is 0.324 e. The maximum absolute atomic E-state index is 12.9. The molecule has 0 bridgehead atoms. The number of thiophene rings is 1. The van der Waals surface area contributed by atoms with Gasteiger partial charge in [-0.25, -0.2) is 4.79 Å². The summed E-state index contributed by atoms with van der Waals surface area (Å²) in [5.74, 6) is -0.217. The average Bonchev–Trinajstić information content (AvgIpc) is 3.32. The lowest BCUT2D eigenvalue weighted by Crippen LogP contribution is -2.29. The summed E-state index contributed by atoms with van der Waals surface area (Å²) in [7, 11) is 0. The second kappa shape index (κ2) is 7.86. The van der Waals surface area contributed by atoms with Crippen molar-refractivity contribution in [3.8, 4) is 10.4 Å². The highest BCUT2D eigenvalue weighted by molar-refractivity contribution is 7.13. The van der Waals surface area contributed by atoms with E-state index in [1.54, 1.807) is 20.5 Å². The molecule has 4 aromatic rings. The number of para-hydroxylation sites is 3. The number of amides is 1. The number of rotatable bonds is 6. The van der Waals surface area contributed by atoms with Crippen molar-refractivity contribution < 1.29 is 4.79 Å². The molecule has 142 valence electrons. The zero-order valence-electron chi connectivity index (χ0n) is 15.6. The van der Waals surface area contributed by atoms with Gasteiger partial charge in [0.1, 0.15) is 6.54 Å². The van der Waals surface area contributed by atoms with E-state index in [9.17, 15) is 9.59 Å². The molecule has 0 aliphatic heterocycles. The number of imidazole rings is 1. The van der Waals surface area contributed by atoms with Gasteiger partial charge in [-0.15, -0.1) is 11.3 Å². The van der Waals surface area contributed by atoms with Crippen molar-refractivity contribution in [2.45, 2.75) is 26.4 Å². The maximum Gasteiger partial charge on any atom is 0.329 e. The van der Waals surface area contributed by atoms with E-state index in [1.807, 2.05) is 73.0 Å². The number of aromatic nitrogens is 2. The SMILES string of the molecule is CCCn1c(=O)n(CC(=O)Nc2ccccc2-c2cccs2)c2ccccc21. The van der Waals surface area contributed by atoms with Crippen LogP contribution in [0.2, 0.25) is 0 Å². The lowest BCUT2D eigenvalue weighted by atomic mass is 10.1. The van der Waals surface area contributed by atoms with E-state index in [-0.39, 0.29) is 18.1 Å². The largest absolute Gasteiger partial charge is 0.329 e. The molecule has 0 saturated carbocycles. The summed E-state index contributed by atoms with van der Waals surface area (Å²) in [4.78, 5) is 26.7. The summed E-state index contributed by atoms with van der Waals surface area (Å²) in [5, 5.41) is 4.99. The van der Waals surface area contributed by atoms with Crippen LogP contribution in [0, 0.1) is 0 Å². The Morgan fingerprint density at radius 1 is 0.964 bits per heavy atom. The molecule has 1 N–H and O–H groups in total. The molecule has 6 heteroatoms. The van der Waals surface area contributed by atoms with Crippen LogP contribution in [0.15, 0.2) is 70.8 Å². The van der Waals surface area contributed by atoms with Gasteiger partial charge in [0.05, 0.1) is 11.0 Å². The van der Waals surface area contributed by atoms with E-state index in [4.69, 9.17) is 0 Å². The minimum Gasteiger partial charge on any atom is -0.324 e. The first-order chi connectivity index (χ1) is 13.7. The third kappa shape index (κ3) is 3.39. The fourth-order valence-corrected chi connectivity index (χ4v) is 4.20. The molecule has 2 aromatic carbocycles. The number of fused-ring (bicyclic) bond motifs is 1. The Kier molecular flexibility index (Phi) is 5.12. The molecule has 2 heterocycles. The van der Waals surface area contributed by atoms with Crippen molar-refractivity contribution in [1.29, 1.82) is 0 Å². The van der Waals surface area contributed by atoms with Crippen molar-refractivity contribution in [2.24, 2.45) is 0 Å². The van der Waals surface area contributed by atoms with Gasteiger partial charge in [0.2, 0.25) is 5.91 Å². The van der Waals surface area contributed by atoms with Gasteiger partial charge in [0.15, 0.2) is 0 Å². The third-order valence-corrected chi connectivity index (χ3v) is 5.57. The predicted octanol–water partition coefficient (Wildman–Crippen LogP) is 4.58. The summed E-state index contributed by atoms with van der Waals surface area (Å²) in [6.07, 6.45) is 0.855. The van der Waals surface area contributed by atoms with Crippen LogP contribution in [0.1, 0.15) is 13.3 Å². The van der Waals surface area contributed by atoms with Gasteiger partial charge >= 0.3 is 5.69 Å². The van der Waals surface area contributed by atoms with Crippen LogP contribution in [0.4, 0.5) is 5.69 Å². The number of carbonyl (C=O) groups is 1. The van der Waals surface area contributed by atoms with E-state index >= 15 is 0 Å². The topological polar surface area (TPSA) is 56.0 Å². The molecule has 5 nitrogen and oxygen atoms in total. The number of anilines is 1. The van der Waals surface area contributed by atoms with Crippen molar-refractivity contribution in [3.63, 3.8) is 0 Å². The summed E-state index contributed by atoms with van der Waals surface area (Å²) in [6, 6.07) is 19.3. The summed E-state index contributed by atoms with van der Waals surface area (Å²) in [5.41, 5.74) is 3.22. The van der Waals surface area contributed by atoms with Crippen LogP contribution in [0.25, 0.3) is 21.5 Å². The highest BCUT2D eigenvalue weighted by atomic mass is 32.1. The number of nitrogens with one attached hydrogen (secondary N) is 1. The Labute approximate surface area is 166 Å². The molecule has 1 amide bonds. The van der Waals surface area contributed by atoms with E-state index in [2.05, 4.69) is 5.32 Å². The van der Waals surface area contributed by atoms with Gasteiger partial charge in [-0.05, 0) is 36.1 Å². The Balaban J connectivity index is 1.64. The molecule has 0 aliphatic rings. The molecular formula is C22H21N3O2S. The molecule has 0 radical (unpaired) electrons. The minimum absolute atomic E-state index is 0.0190. The van der Waals surface area contributed by atoms with Crippen LogP contribution in [-0.4, -0.2) is 15.0 Å². The minimum atomic E-state index is -0.217. The summed E-state index contributed by atoms with van der Waals surface area (Å²) in [6.45, 7) is 2.65.